The third-order valence-corrected chi connectivity index (χ3v) is 4.05. The highest BCUT2D eigenvalue weighted by atomic mass is 32.1. The lowest BCUT2D eigenvalue weighted by molar-refractivity contribution is 0.0525. The summed E-state index contributed by atoms with van der Waals surface area (Å²) >= 11 is 1.16. The monoisotopic (exact) mass is 284 g/mol. The molecule has 0 bridgehead atoms. The van der Waals surface area contributed by atoms with Gasteiger partial charge in [0.2, 0.25) is 5.01 Å². The Morgan fingerprint density at radius 3 is 2.58 bits per heavy atom. The summed E-state index contributed by atoms with van der Waals surface area (Å²) in [7, 11) is 0. The number of carbonyl (C=O) groups excluding carboxylic acids is 1. The van der Waals surface area contributed by atoms with E-state index < -0.39 is 5.97 Å². The van der Waals surface area contributed by atoms with Gasteiger partial charge < -0.3 is 9.47 Å². The Balaban J connectivity index is 1.94. The van der Waals surface area contributed by atoms with Crippen molar-refractivity contribution in [2.24, 2.45) is 11.8 Å². The van der Waals surface area contributed by atoms with Crippen LogP contribution in [0, 0.1) is 11.8 Å². The predicted molar refractivity (Wildman–Crippen MR) is 72.5 cm³/mol. The number of ether oxygens (including phenoxy) is 2. The van der Waals surface area contributed by atoms with Crippen molar-refractivity contribution in [3.05, 3.63) is 5.01 Å². The van der Waals surface area contributed by atoms with Gasteiger partial charge in [-0.05, 0) is 49.4 Å². The maximum Gasteiger partial charge on any atom is 0.369 e. The first-order chi connectivity index (χ1) is 9.08. The molecule has 2 atom stereocenters. The highest BCUT2D eigenvalue weighted by molar-refractivity contribution is 7.14. The molecule has 2 unspecified atom stereocenters. The first-order valence-corrected chi connectivity index (χ1v) is 7.57. The third kappa shape index (κ3) is 3.89. The van der Waals surface area contributed by atoms with Crippen molar-refractivity contribution in [2.45, 2.75) is 46.1 Å². The van der Waals surface area contributed by atoms with Crippen LogP contribution in [-0.2, 0) is 4.74 Å². The second-order valence-corrected chi connectivity index (χ2v) is 6.19. The Kier molecular flexibility index (Phi) is 4.74. The van der Waals surface area contributed by atoms with E-state index in [1.807, 2.05) is 0 Å². The van der Waals surface area contributed by atoms with Crippen molar-refractivity contribution >= 4 is 17.3 Å². The second kappa shape index (κ2) is 6.32. The summed E-state index contributed by atoms with van der Waals surface area (Å²) in [6.45, 7) is 6.60. The molecule has 0 radical (unpaired) electrons. The van der Waals surface area contributed by atoms with Gasteiger partial charge in [-0.25, -0.2) is 4.79 Å². The fraction of sp³-hybridized carbons (Fsp3) is 0.769. The van der Waals surface area contributed by atoms with Crippen LogP contribution >= 0.6 is 11.3 Å². The van der Waals surface area contributed by atoms with Crippen molar-refractivity contribution in [3.8, 4) is 5.19 Å². The topological polar surface area (TPSA) is 61.3 Å². The van der Waals surface area contributed by atoms with Gasteiger partial charge in [0.15, 0.2) is 0 Å². The molecule has 1 aromatic rings. The van der Waals surface area contributed by atoms with Gasteiger partial charge in [0.05, 0.1) is 6.61 Å². The normalized spacial score (nSPS) is 27.0. The quantitative estimate of drug-likeness (QED) is 0.796. The lowest BCUT2D eigenvalue weighted by atomic mass is 9.82. The molecule has 0 spiro atoms. The van der Waals surface area contributed by atoms with Crippen LogP contribution < -0.4 is 4.74 Å². The summed E-state index contributed by atoms with van der Waals surface area (Å²) < 4.78 is 10.7. The average Bonchev–Trinajstić information content (AvgIpc) is 2.76. The van der Waals surface area contributed by atoms with E-state index in [0.29, 0.717) is 23.6 Å². The van der Waals surface area contributed by atoms with Crippen molar-refractivity contribution in [3.63, 3.8) is 0 Å². The number of hydrogen-bond donors (Lipinski definition) is 0. The molecule has 0 N–H and O–H groups in total. The Hall–Kier alpha value is -1.17. The molecule has 0 saturated heterocycles. The maximum atomic E-state index is 11.5. The van der Waals surface area contributed by atoms with Gasteiger partial charge in [-0.1, -0.05) is 18.9 Å². The van der Waals surface area contributed by atoms with Crippen molar-refractivity contribution in [1.29, 1.82) is 0 Å². The van der Waals surface area contributed by atoms with Crippen molar-refractivity contribution < 1.29 is 14.3 Å². The molecule has 1 aliphatic carbocycles. The fourth-order valence-electron chi connectivity index (χ4n) is 2.64. The van der Waals surface area contributed by atoms with E-state index in [9.17, 15) is 4.79 Å². The van der Waals surface area contributed by atoms with Crippen molar-refractivity contribution in [1.82, 2.24) is 10.2 Å². The summed E-state index contributed by atoms with van der Waals surface area (Å²) in [5.74, 6) is 0.914. The molecule has 19 heavy (non-hydrogen) atoms. The average molecular weight is 284 g/mol. The molecule has 1 saturated carbocycles. The van der Waals surface area contributed by atoms with Gasteiger partial charge in [-0.3, -0.25) is 0 Å². The van der Waals surface area contributed by atoms with E-state index in [1.165, 1.54) is 6.42 Å². The van der Waals surface area contributed by atoms with Gasteiger partial charge in [0.1, 0.15) is 6.10 Å². The molecule has 106 valence electrons. The minimum absolute atomic E-state index is 0.182. The molecule has 1 heterocycles. The Morgan fingerprint density at radius 1 is 1.26 bits per heavy atom. The summed E-state index contributed by atoms with van der Waals surface area (Å²) in [5, 5.41) is 8.44. The zero-order chi connectivity index (χ0) is 13.8. The van der Waals surface area contributed by atoms with Gasteiger partial charge in [-0.15, -0.1) is 5.10 Å². The van der Waals surface area contributed by atoms with Crippen LogP contribution in [0.15, 0.2) is 0 Å². The van der Waals surface area contributed by atoms with Crippen molar-refractivity contribution in [2.75, 3.05) is 6.61 Å². The predicted octanol–water partition coefficient (Wildman–Crippen LogP) is 2.92. The van der Waals surface area contributed by atoms with Gasteiger partial charge in [-0.2, -0.15) is 0 Å². The van der Waals surface area contributed by atoms with E-state index in [0.717, 1.165) is 24.2 Å². The van der Waals surface area contributed by atoms with E-state index in [2.05, 4.69) is 24.0 Å². The van der Waals surface area contributed by atoms with Crippen LogP contribution in [0.4, 0.5) is 0 Å². The highest BCUT2D eigenvalue weighted by Crippen LogP contribution is 2.32. The van der Waals surface area contributed by atoms with Gasteiger partial charge >= 0.3 is 5.97 Å². The number of rotatable bonds is 4. The molecule has 0 aromatic carbocycles. The molecule has 1 aliphatic rings. The maximum absolute atomic E-state index is 11.5. The number of nitrogens with zero attached hydrogens (tertiary/aromatic N) is 2. The summed E-state index contributed by atoms with van der Waals surface area (Å²) in [6.07, 6.45) is 3.52. The van der Waals surface area contributed by atoms with Gasteiger partial charge in [0, 0.05) is 0 Å². The van der Waals surface area contributed by atoms with Gasteiger partial charge in [0.25, 0.3) is 5.19 Å². The molecular formula is C13H20N2O3S. The first kappa shape index (κ1) is 14.2. The zero-order valence-corrected chi connectivity index (χ0v) is 12.4. The SMILES string of the molecule is CCOC(=O)c1nnc(OC2CC(C)CC(C)C2)s1. The van der Waals surface area contributed by atoms with Crippen LogP contribution in [0.3, 0.4) is 0 Å². The Morgan fingerprint density at radius 2 is 1.95 bits per heavy atom. The first-order valence-electron chi connectivity index (χ1n) is 6.75. The summed E-state index contributed by atoms with van der Waals surface area (Å²) in [6, 6.07) is 0. The van der Waals surface area contributed by atoms with E-state index in [1.54, 1.807) is 6.92 Å². The lowest BCUT2D eigenvalue weighted by Gasteiger charge is -2.30. The van der Waals surface area contributed by atoms with Crippen LogP contribution in [-0.4, -0.2) is 28.9 Å². The number of aromatic nitrogens is 2. The van der Waals surface area contributed by atoms with Crippen LogP contribution in [0.5, 0.6) is 5.19 Å². The van der Waals surface area contributed by atoms with E-state index in [-0.39, 0.29) is 11.1 Å². The molecule has 5 nitrogen and oxygen atoms in total. The molecule has 0 amide bonds. The number of hydrogen-bond acceptors (Lipinski definition) is 6. The van der Waals surface area contributed by atoms with Crippen LogP contribution in [0.2, 0.25) is 0 Å². The molecular weight excluding hydrogens is 264 g/mol. The number of esters is 1. The molecule has 6 heteroatoms. The highest BCUT2D eigenvalue weighted by Gasteiger charge is 2.26. The standard InChI is InChI=1S/C13H20N2O3S/c1-4-17-12(16)11-14-15-13(19-11)18-10-6-8(2)5-9(3)7-10/h8-10H,4-7H2,1-3H3. The molecule has 2 rings (SSSR count). The Bertz CT molecular complexity index is 425. The Labute approximate surface area is 117 Å². The third-order valence-electron chi connectivity index (χ3n) is 3.26. The smallest absolute Gasteiger partial charge is 0.369 e. The zero-order valence-electron chi connectivity index (χ0n) is 11.6. The lowest BCUT2D eigenvalue weighted by Crippen LogP contribution is -2.28. The largest absolute Gasteiger partial charge is 0.466 e. The summed E-state index contributed by atoms with van der Waals surface area (Å²) in [5.41, 5.74) is 0. The second-order valence-electron chi connectivity index (χ2n) is 5.25. The minimum atomic E-state index is -0.430. The van der Waals surface area contributed by atoms with Crippen LogP contribution in [0.1, 0.15) is 49.8 Å². The fourth-order valence-corrected chi connectivity index (χ4v) is 3.30. The molecule has 0 aliphatic heterocycles. The summed E-state index contributed by atoms with van der Waals surface area (Å²) in [4.78, 5) is 11.5. The minimum Gasteiger partial charge on any atom is -0.466 e. The number of carbonyl (C=O) groups is 1. The molecule has 1 fully saturated rings. The van der Waals surface area contributed by atoms with Crippen LogP contribution in [0.25, 0.3) is 0 Å². The van der Waals surface area contributed by atoms with E-state index >= 15 is 0 Å². The van der Waals surface area contributed by atoms with E-state index in [4.69, 9.17) is 9.47 Å². The molecule has 1 aromatic heterocycles.